The van der Waals surface area contributed by atoms with Gasteiger partial charge in [-0.25, -0.2) is 9.78 Å². The summed E-state index contributed by atoms with van der Waals surface area (Å²) in [6.07, 6.45) is 0.652. The second-order valence-electron chi connectivity index (χ2n) is 12.3. The maximum atomic E-state index is 13.6. The van der Waals surface area contributed by atoms with Gasteiger partial charge in [-0.2, -0.15) is 0 Å². The normalized spacial score (nSPS) is 14.1. The number of para-hydroxylation sites is 2. The number of benzene rings is 4. The molecular weight excluding hydrogens is 665 g/mol. The minimum Gasteiger partial charge on any atom is -0.481 e. The van der Waals surface area contributed by atoms with Gasteiger partial charge in [0.05, 0.1) is 18.0 Å². The summed E-state index contributed by atoms with van der Waals surface area (Å²) < 4.78 is 49.9. The summed E-state index contributed by atoms with van der Waals surface area (Å²) >= 11 is 0. The largest absolute Gasteiger partial charge is 0.573 e. The highest BCUT2D eigenvalue weighted by Gasteiger charge is 2.33. The summed E-state index contributed by atoms with van der Waals surface area (Å²) in [6.45, 7) is -0.0228. The number of nitrogens with one attached hydrogen (secondary N) is 3. The second kappa shape index (κ2) is 15.4. The molecule has 1 aliphatic carbocycles. The smallest absolute Gasteiger partial charge is 0.481 e. The van der Waals surface area contributed by atoms with Crippen molar-refractivity contribution in [2.45, 2.75) is 56.8 Å². The van der Waals surface area contributed by atoms with E-state index in [0.717, 1.165) is 24.5 Å². The lowest BCUT2D eigenvalue weighted by atomic mass is 9.83. The molecule has 0 radical (unpaired) electrons. The van der Waals surface area contributed by atoms with Gasteiger partial charge < -0.3 is 30.2 Å². The number of nitrogens with zero attached hydrogens (tertiary/aromatic N) is 1. The van der Waals surface area contributed by atoms with Gasteiger partial charge in [0.2, 0.25) is 5.89 Å². The number of carbonyl (C=O) groups is 3. The average Bonchev–Trinajstić information content (AvgIpc) is 3.55. The highest BCUT2D eigenvalue weighted by Crippen LogP contribution is 2.37. The first kappa shape index (κ1) is 35.0. The number of oxazole rings is 1. The van der Waals surface area contributed by atoms with Crippen molar-refractivity contribution in [3.05, 3.63) is 113 Å². The minimum atomic E-state index is -4.98. The number of aliphatic carboxylic acids is 1. The van der Waals surface area contributed by atoms with Gasteiger partial charge in [-0.3, -0.25) is 9.59 Å². The molecule has 0 saturated heterocycles. The maximum Gasteiger partial charge on any atom is 0.573 e. The van der Waals surface area contributed by atoms with Crippen molar-refractivity contribution >= 4 is 34.7 Å². The van der Waals surface area contributed by atoms with Gasteiger partial charge in [0.25, 0.3) is 5.91 Å². The van der Waals surface area contributed by atoms with Crippen LogP contribution in [-0.2, 0) is 4.79 Å². The number of ether oxygens (including phenoxy) is 1. The molecule has 1 fully saturated rings. The molecule has 5 aromatic rings. The highest BCUT2D eigenvalue weighted by atomic mass is 19.4. The number of alkyl halides is 3. The quantitative estimate of drug-likeness (QED) is 0.108. The number of fused-ring (bicyclic) bond motifs is 1. The van der Waals surface area contributed by atoms with Crippen LogP contribution >= 0.6 is 0 Å². The number of rotatable bonds is 11. The van der Waals surface area contributed by atoms with Crippen LogP contribution in [-0.4, -0.2) is 40.9 Å². The second-order valence-corrected chi connectivity index (χ2v) is 12.3. The molecule has 10 nitrogen and oxygen atoms in total. The Hall–Kier alpha value is -5.85. The van der Waals surface area contributed by atoms with E-state index in [1.54, 1.807) is 48.5 Å². The van der Waals surface area contributed by atoms with Crippen LogP contribution in [0.1, 0.15) is 77.5 Å². The van der Waals surface area contributed by atoms with Crippen LogP contribution in [0.4, 0.5) is 23.7 Å². The van der Waals surface area contributed by atoms with Crippen molar-refractivity contribution < 1.29 is 41.8 Å². The molecule has 0 aliphatic heterocycles. The molecule has 1 aliphatic rings. The van der Waals surface area contributed by atoms with E-state index in [-0.39, 0.29) is 30.1 Å². The first-order chi connectivity index (χ1) is 24.5. The predicted octanol–water partition coefficient (Wildman–Crippen LogP) is 8.56. The third kappa shape index (κ3) is 9.04. The Morgan fingerprint density at radius 2 is 1.59 bits per heavy atom. The van der Waals surface area contributed by atoms with E-state index in [2.05, 4.69) is 37.8 Å². The summed E-state index contributed by atoms with van der Waals surface area (Å²) in [6, 6.07) is 23.6. The van der Waals surface area contributed by atoms with Crippen molar-refractivity contribution in [3.8, 4) is 17.2 Å². The Bertz CT molecular complexity index is 1970. The van der Waals surface area contributed by atoms with Crippen LogP contribution in [0.25, 0.3) is 22.6 Å². The number of hydrogen-bond acceptors (Lipinski definition) is 6. The summed E-state index contributed by atoms with van der Waals surface area (Å²) in [5.74, 6) is -1.67. The van der Waals surface area contributed by atoms with Crippen LogP contribution in [0, 0.1) is 0 Å². The van der Waals surface area contributed by atoms with Gasteiger partial charge in [-0.05, 0) is 77.9 Å². The van der Waals surface area contributed by atoms with E-state index in [1.165, 1.54) is 37.0 Å². The Morgan fingerprint density at radius 3 is 2.25 bits per heavy atom. The lowest BCUT2D eigenvalue weighted by Crippen LogP contribution is -2.33. The third-order valence-corrected chi connectivity index (χ3v) is 8.74. The molecule has 1 atom stereocenters. The average molecular weight is 701 g/mol. The number of hydrogen-bond donors (Lipinski definition) is 4. The molecule has 0 spiro atoms. The van der Waals surface area contributed by atoms with E-state index in [4.69, 9.17) is 9.52 Å². The number of anilines is 1. The molecule has 4 aromatic carbocycles. The van der Waals surface area contributed by atoms with Crippen LogP contribution < -0.4 is 20.7 Å². The van der Waals surface area contributed by atoms with Crippen molar-refractivity contribution in [1.29, 1.82) is 0 Å². The van der Waals surface area contributed by atoms with E-state index >= 15 is 0 Å². The zero-order valence-corrected chi connectivity index (χ0v) is 27.3. The molecule has 1 aromatic heterocycles. The van der Waals surface area contributed by atoms with Crippen LogP contribution in [0.2, 0.25) is 0 Å². The topological polar surface area (TPSA) is 143 Å². The van der Waals surface area contributed by atoms with Crippen molar-refractivity contribution in [1.82, 2.24) is 15.6 Å². The summed E-state index contributed by atoms with van der Waals surface area (Å²) in [5, 5.41) is 17.1. The van der Waals surface area contributed by atoms with Gasteiger partial charge in [-0.15, -0.1) is 13.2 Å². The number of aromatic nitrogens is 1. The van der Waals surface area contributed by atoms with Gasteiger partial charge in [0.1, 0.15) is 11.3 Å². The number of carboxylic acids is 1. The molecule has 1 heterocycles. The summed E-state index contributed by atoms with van der Waals surface area (Å²) in [5.41, 5.74) is 3.79. The molecular formula is C38H35F3N4O6. The summed E-state index contributed by atoms with van der Waals surface area (Å²) in [7, 11) is 0. The first-order valence-corrected chi connectivity index (χ1v) is 16.6. The fourth-order valence-electron chi connectivity index (χ4n) is 6.24. The predicted molar refractivity (Wildman–Crippen MR) is 183 cm³/mol. The minimum absolute atomic E-state index is 0.0228. The van der Waals surface area contributed by atoms with E-state index in [1.807, 2.05) is 12.1 Å². The van der Waals surface area contributed by atoms with Gasteiger partial charge in [0, 0.05) is 17.8 Å². The molecule has 3 amide bonds. The van der Waals surface area contributed by atoms with E-state index in [9.17, 15) is 27.6 Å². The zero-order valence-electron chi connectivity index (χ0n) is 27.3. The number of carbonyl (C=O) groups excluding carboxylic acids is 2. The van der Waals surface area contributed by atoms with Crippen molar-refractivity contribution in [2.24, 2.45) is 0 Å². The fraction of sp³-hybridized carbons (Fsp3) is 0.263. The van der Waals surface area contributed by atoms with Crippen molar-refractivity contribution in [3.63, 3.8) is 0 Å². The molecule has 6 rings (SSSR count). The van der Waals surface area contributed by atoms with E-state index < -0.39 is 36.1 Å². The lowest BCUT2D eigenvalue weighted by Gasteiger charge is -2.24. The van der Waals surface area contributed by atoms with Crippen LogP contribution in [0.15, 0.2) is 95.4 Å². The molecule has 13 heteroatoms. The van der Waals surface area contributed by atoms with Crippen molar-refractivity contribution in [2.75, 3.05) is 11.9 Å². The molecule has 0 bridgehead atoms. The zero-order chi connectivity index (χ0) is 36.0. The molecule has 51 heavy (non-hydrogen) atoms. The molecule has 1 unspecified atom stereocenters. The van der Waals surface area contributed by atoms with Crippen LogP contribution in [0.3, 0.4) is 0 Å². The monoisotopic (exact) mass is 700 g/mol. The first-order valence-electron chi connectivity index (χ1n) is 16.6. The molecule has 1 saturated carbocycles. The lowest BCUT2D eigenvalue weighted by molar-refractivity contribution is -0.274. The Balaban J connectivity index is 1.26. The highest BCUT2D eigenvalue weighted by molar-refractivity contribution is 5.94. The number of halogens is 3. The molecule has 264 valence electrons. The third-order valence-electron chi connectivity index (χ3n) is 8.74. The van der Waals surface area contributed by atoms with Gasteiger partial charge >= 0.3 is 18.4 Å². The number of urea groups is 1. The maximum absolute atomic E-state index is 13.6. The van der Waals surface area contributed by atoms with Gasteiger partial charge in [-0.1, -0.05) is 67.8 Å². The Labute approximate surface area is 291 Å². The van der Waals surface area contributed by atoms with E-state index in [0.29, 0.717) is 28.1 Å². The standard InChI is InChI=1S/C38H35F3N4O6/c39-38(40,41)51-31-19-18-28(22-29(31)36-44-30-8-4-5-9-32(30)50-36)43-37(49)45-34(25-12-10-24(11-13-25)23-6-2-1-3-7-23)26-14-16-27(17-15-26)35(48)42-21-20-33(46)47/h4-5,8-19,22-23,34H,1-3,6-7,20-21H2,(H,42,48)(H,46,47)(H2,43,45,49). The Kier molecular flexibility index (Phi) is 10.5. The van der Waals surface area contributed by atoms with Crippen LogP contribution in [0.5, 0.6) is 5.75 Å². The summed E-state index contributed by atoms with van der Waals surface area (Å²) in [4.78, 5) is 41.2. The fourth-order valence-corrected chi connectivity index (χ4v) is 6.24. The number of carboxylic acid groups (broad SMARTS) is 1. The number of amides is 3. The van der Waals surface area contributed by atoms with Gasteiger partial charge in [0.15, 0.2) is 5.58 Å². The Morgan fingerprint density at radius 1 is 0.902 bits per heavy atom. The SMILES string of the molecule is O=C(O)CCNC(=O)c1ccc(C(NC(=O)Nc2ccc(OC(F)(F)F)c(-c3nc4ccccc4o3)c2)c2ccc(C3CCCCC3)cc2)cc1. The molecule has 4 N–H and O–H groups in total.